The Morgan fingerprint density at radius 1 is 1.39 bits per heavy atom. The largest absolute Gasteiger partial charge is 0.333 e. The summed E-state index contributed by atoms with van der Waals surface area (Å²) in [6.07, 6.45) is 4.67. The van der Waals surface area contributed by atoms with Crippen molar-refractivity contribution in [3.8, 4) is 0 Å². The highest BCUT2D eigenvalue weighted by Crippen LogP contribution is 2.36. The molecule has 10 heteroatoms. The number of pyridine rings is 1. The summed E-state index contributed by atoms with van der Waals surface area (Å²) >= 11 is 5.97. The first-order valence-corrected chi connectivity index (χ1v) is 12.2. The third kappa shape index (κ3) is 5.40. The Morgan fingerprint density at radius 3 is 2.55 bits per heavy atom. The lowest BCUT2D eigenvalue weighted by Gasteiger charge is -2.36. The van der Waals surface area contributed by atoms with Crippen molar-refractivity contribution in [2.75, 3.05) is 6.26 Å². The van der Waals surface area contributed by atoms with Gasteiger partial charge >= 0.3 is 0 Å². The number of piperazine rings is 1. The molecule has 2 heterocycles. The summed E-state index contributed by atoms with van der Waals surface area (Å²) in [5.41, 5.74) is 2.27. The van der Waals surface area contributed by atoms with Crippen molar-refractivity contribution in [3.63, 3.8) is 0 Å². The lowest BCUT2D eigenvalue weighted by molar-refractivity contribution is -0.122. The van der Waals surface area contributed by atoms with Crippen molar-refractivity contribution in [2.24, 2.45) is 15.9 Å². The summed E-state index contributed by atoms with van der Waals surface area (Å²) in [5, 5.41) is 3.19. The van der Waals surface area contributed by atoms with Crippen LogP contribution in [-0.2, 0) is 21.2 Å². The van der Waals surface area contributed by atoms with E-state index in [1.165, 1.54) is 12.3 Å². The van der Waals surface area contributed by atoms with Crippen molar-refractivity contribution in [2.45, 2.75) is 51.2 Å². The predicted octanol–water partition coefficient (Wildman–Crippen LogP) is 3.02. The molecular formula is C21H26ClN5O3S. The SMILES string of the molecule is C=C(Cl)N=C1C(=C(C)C)NC(=NCc2ccc(S(C)(=O)=O)nc2)C(=O)N1[C@@H](C)C1CC1. The highest BCUT2D eigenvalue weighted by Gasteiger charge is 2.42. The number of allylic oxidation sites excluding steroid dienone is 1. The molecule has 166 valence electrons. The van der Waals surface area contributed by atoms with E-state index in [-0.39, 0.29) is 34.5 Å². The van der Waals surface area contributed by atoms with E-state index in [4.69, 9.17) is 11.6 Å². The number of aliphatic imine (C=N–C) groups is 2. The Labute approximate surface area is 187 Å². The number of carbonyl (C=O) groups is 1. The molecular weight excluding hydrogens is 438 g/mol. The van der Waals surface area contributed by atoms with Gasteiger partial charge in [0.2, 0.25) is 0 Å². The molecule has 31 heavy (non-hydrogen) atoms. The van der Waals surface area contributed by atoms with Crippen LogP contribution in [0.15, 0.2) is 56.3 Å². The van der Waals surface area contributed by atoms with Crippen LogP contribution in [0.5, 0.6) is 0 Å². The van der Waals surface area contributed by atoms with Gasteiger partial charge in [-0.25, -0.2) is 18.4 Å². The number of hydrogen-bond acceptors (Lipinski definition) is 6. The highest BCUT2D eigenvalue weighted by atomic mass is 35.5. The van der Waals surface area contributed by atoms with Crippen molar-refractivity contribution in [1.82, 2.24) is 15.2 Å². The number of nitrogens with zero attached hydrogens (tertiary/aromatic N) is 4. The summed E-state index contributed by atoms with van der Waals surface area (Å²) in [6, 6.07) is 3.01. The summed E-state index contributed by atoms with van der Waals surface area (Å²) in [6.45, 7) is 9.65. The zero-order chi connectivity index (χ0) is 22.9. The van der Waals surface area contributed by atoms with Crippen LogP contribution < -0.4 is 5.32 Å². The third-order valence-electron chi connectivity index (χ3n) is 5.15. The van der Waals surface area contributed by atoms with Gasteiger partial charge in [0, 0.05) is 18.5 Å². The summed E-state index contributed by atoms with van der Waals surface area (Å²) in [7, 11) is -3.37. The maximum absolute atomic E-state index is 13.3. The van der Waals surface area contributed by atoms with Gasteiger partial charge in [-0.3, -0.25) is 14.7 Å². The van der Waals surface area contributed by atoms with Crippen LogP contribution in [-0.4, -0.2) is 48.2 Å². The molecule has 0 spiro atoms. The number of amides is 1. The minimum Gasteiger partial charge on any atom is -0.333 e. The lowest BCUT2D eigenvalue weighted by atomic mass is 10.1. The third-order valence-corrected chi connectivity index (χ3v) is 6.24. The molecule has 1 atom stereocenters. The van der Waals surface area contributed by atoms with Crippen LogP contribution in [0.25, 0.3) is 0 Å². The molecule has 1 saturated carbocycles. The van der Waals surface area contributed by atoms with Crippen LogP contribution >= 0.6 is 11.6 Å². The Hall–Kier alpha value is -2.52. The average Bonchev–Trinajstić information content (AvgIpc) is 3.51. The zero-order valence-electron chi connectivity index (χ0n) is 18.0. The molecule has 1 N–H and O–H groups in total. The van der Waals surface area contributed by atoms with Gasteiger partial charge in [-0.05, 0) is 56.7 Å². The second-order valence-electron chi connectivity index (χ2n) is 8.01. The molecule has 0 aromatic carbocycles. The van der Waals surface area contributed by atoms with Gasteiger partial charge in [0.1, 0.15) is 5.16 Å². The molecule has 0 radical (unpaired) electrons. The van der Waals surface area contributed by atoms with E-state index in [1.54, 1.807) is 11.0 Å². The first kappa shape index (κ1) is 23.1. The van der Waals surface area contributed by atoms with Crippen molar-refractivity contribution in [3.05, 3.63) is 46.9 Å². The van der Waals surface area contributed by atoms with E-state index >= 15 is 0 Å². The molecule has 1 amide bonds. The van der Waals surface area contributed by atoms with Gasteiger partial charge < -0.3 is 5.32 Å². The van der Waals surface area contributed by atoms with Crippen LogP contribution in [0.3, 0.4) is 0 Å². The molecule has 1 aliphatic heterocycles. The fourth-order valence-corrected chi connectivity index (χ4v) is 3.94. The molecule has 1 aliphatic carbocycles. The summed E-state index contributed by atoms with van der Waals surface area (Å²) < 4.78 is 23.2. The lowest BCUT2D eigenvalue weighted by Crippen LogP contribution is -2.58. The first-order valence-electron chi connectivity index (χ1n) is 9.90. The normalized spacial score (nSPS) is 20.7. The van der Waals surface area contributed by atoms with E-state index in [9.17, 15) is 13.2 Å². The molecule has 0 bridgehead atoms. The second kappa shape index (κ2) is 8.92. The number of aromatic nitrogens is 1. The van der Waals surface area contributed by atoms with Crippen LogP contribution in [0.4, 0.5) is 0 Å². The minimum absolute atomic E-state index is 0.00538. The number of amidine groups is 2. The maximum Gasteiger partial charge on any atom is 0.295 e. The molecule has 2 fully saturated rings. The van der Waals surface area contributed by atoms with Crippen molar-refractivity contribution in [1.29, 1.82) is 0 Å². The molecule has 1 saturated heterocycles. The highest BCUT2D eigenvalue weighted by molar-refractivity contribution is 7.90. The van der Waals surface area contributed by atoms with E-state index in [0.29, 0.717) is 23.0 Å². The predicted molar refractivity (Wildman–Crippen MR) is 121 cm³/mol. The average molecular weight is 464 g/mol. The zero-order valence-corrected chi connectivity index (χ0v) is 19.6. The van der Waals surface area contributed by atoms with E-state index in [0.717, 1.165) is 24.7 Å². The molecule has 3 rings (SSSR count). The van der Waals surface area contributed by atoms with Gasteiger partial charge in [0.15, 0.2) is 26.5 Å². The quantitative estimate of drug-likeness (QED) is 0.653. The van der Waals surface area contributed by atoms with E-state index in [1.807, 2.05) is 20.8 Å². The van der Waals surface area contributed by atoms with Crippen LogP contribution in [0.1, 0.15) is 39.2 Å². The van der Waals surface area contributed by atoms with Gasteiger partial charge in [0.25, 0.3) is 5.91 Å². The minimum atomic E-state index is -3.37. The number of halogens is 1. The van der Waals surface area contributed by atoms with E-state index in [2.05, 4.69) is 26.9 Å². The molecule has 2 aliphatic rings. The maximum atomic E-state index is 13.3. The topological polar surface area (TPSA) is 104 Å². The number of rotatable bonds is 6. The summed E-state index contributed by atoms with van der Waals surface area (Å²) in [4.78, 5) is 27.7. The van der Waals surface area contributed by atoms with Gasteiger partial charge in [0.05, 0.1) is 12.2 Å². The van der Waals surface area contributed by atoms with Gasteiger partial charge in [-0.15, -0.1) is 0 Å². The Kier molecular flexibility index (Phi) is 6.66. The molecule has 1 aromatic rings. The first-order chi connectivity index (χ1) is 14.5. The summed E-state index contributed by atoms with van der Waals surface area (Å²) in [5.74, 6) is 0.752. The standard InChI is InChI=1S/C21H26ClN5O3S/c1-12(2)18-20(25-14(4)22)27(13(3)16-7-8-16)21(28)19(26-18)24-11-15-6-9-17(23-10-15)31(5,29)30/h6,9-10,13,16H,4,7-8,11H2,1-3,5H3,(H,24,26)/t13-/m0/s1. The molecule has 1 aromatic heterocycles. The monoisotopic (exact) mass is 463 g/mol. The fourth-order valence-electron chi connectivity index (χ4n) is 3.30. The van der Waals surface area contributed by atoms with Crippen molar-refractivity contribution >= 4 is 39.0 Å². The second-order valence-corrected chi connectivity index (χ2v) is 10.4. The Morgan fingerprint density at radius 2 is 2.06 bits per heavy atom. The number of carbonyl (C=O) groups excluding carboxylic acids is 1. The smallest absolute Gasteiger partial charge is 0.295 e. The van der Waals surface area contributed by atoms with Crippen molar-refractivity contribution < 1.29 is 13.2 Å². The number of hydrogen-bond donors (Lipinski definition) is 1. The van der Waals surface area contributed by atoms with Crippen LogP contribution in [0.2, 0.25) is 0 Å². The number of nitrogens with one attached hydrogen (secondary N) is 1. The van der Waals surface area contributed by atoms with Crippen LogP contribution in [0, 0.1) is 5.92 Å². The molecule has 8 nitrogen and oxygen atoms in total. The fraction of sp³-hybridized carbons (Fsp3) is 0.429. The number of sulfone groups is 1. The van der Waals surface area contributed by atoms with Gasteiger partial charge in [-0.2, -0.15) is 0 Å². The Bertz CT molecular complexity index is 1100. The van der Waals surface area contributed by atoms with E-state index < -0.39 is 9.84 Å². The Balaban J connectivity index is 1.94. The molecule has 0 unspecified atom stereocenters. The van der Waals surface area contributed by atoms with Gasteiger partial charge in [-0.1, -0.05) is 24.2 Å².